The smallest absolute Gasteiger partial charge is 0.0887 e. The van der Waals surface area contributed by atoms with E-state index >= 15 is 0 Å². The van der Waals surface area contributed by atoms with Gasteiger partial charge in [0.25, 0.3) is 0 Å². The van der Waals surface area contributed by atoms with Crippen LogP contribution in [0.2, 0.25) is 0 Å². The van der Waals surface area contributed by atoms with Crippen LogP contribution in [-0.2, 0) is 19.5 Å². The molecule has 0 fully saturated rings. The van der Waals surface area contributed by atoms with Crippen LogP contribution in [0.15, 0.2) is 12.4 Å². The number of hydrogen-bond acceptors (Lipinski definition) is 4. The molecule has 2 aromatic heterocycles. The third-order valence-corrected chi connectivity index (χ3v) is 2.81. The van der Waals surface area contributed by atoms with E-state index in [1.165, 1.54) is 0 Å². The Balaban J connectivity index is 1.99. The SMILES string of the molecule is CC(C)(C)Cn1cc(Cc2cn(CC(C)(C)C)nn2)nn1. The molecule has 0 unspecified atom stereocenters. The Morgan fingerprint density at radius 1 is 0.762 bits per heavy atom. The van der Waals surface area contributed by atoms with Gasteiger partial charge in [0.2, 0.25) is 0 Å². The molecule has 0 saturated heterocycles. The van der Waals surface area contributed by atoms with Gasteiger partial charge in [-0.1, -0.05) is 52.0 Å². The summed E-state index contributed by atoms with van der Waals surface area (Å²) in [6.07, 6.45) is 4.66. The summed E-state index contributed by atoms with van der Waals surface area (Å²) >= 11 is 0. The molecule has 0 aliphatic rings. The highest BCUT2D eigenvalue weighted by Crippen LogP contribution is 2.17. The van der Waals surface area contributed by atoms with Crippen LogP contribution in [0.3, 0.4) is 0 Å². The number of aromatic nitrogens is 6. The highest BCUT2D eigenvalue weighted by molar-refractivity contribution is 5.07. The minimum atomic E-state index is 0.195. The normalized spacial score (nSPS) is 12.9. The van der Waals surface area contributed by atoms with Gasteiger partial charge in [0.15, 0.2) is 0 Å². The van der Waals surface area contributed by atoms with Crippen LogP contribution >= 0.6 is 0 Å². The van der Waals surface area contributed by atoms with Crippen molar-refractivity contribution in [1.29, 1.82) is 0 Å². The van der Waals surface area contributed by atoms with Gasteiger partial charge in [0.1, 0.15) is 0 Å². The van der Waals surface area contributed by atoms with Crippen LogP contribution in [-0.4, -0.2) is 30.0 Å². The maximum Gasteiger partial charge on any atom is 0.0887 e. The van der Waals surface area contributed by atoms with Gasteiger partial charge in [-0.2, -0.15) is 0 Å². The van der Waals surface area contributed by atoms with Gasteiger partial charge in [-0.15, -0.1) is 10.2 Å². The average Bonchev–Trinajstić information content (AvgIpc) is 2.85. The van der Waals surface area contributed by atoms with E-state index in [1.54, 1.807) is 0 Å². The number of nitrogens with zero attached hydrogens (tertiary/aromatic N) is 6. The van der Waals surface area contributed by atoms with E-state index in [0.29, 0.717) is 6.42 Å². The summed E-state index contributed by atoms with van der Waals surface area (Å²) in [5, 5.41) is 16.8. The lowest BCUT2D eigenvalue weighted by atomic mass is 9.97. The minimum absolute atomic E-state index is 0.195. The Morgan fingerprint density at radius 2 is 1.14 bits per heavy atom. The molecular formula is C15H26N6. The first-order valence-electron chi connectivity index (χ1n) is 7.39. The maximum atomic E-state index is 4.22. The molecular weight excluding hydrogens is 264 g/mol. The Labute approximate surface area is 126 Å². The number of hydrogen-bond donors (Lipinski definition) is 0. The monoisotopic (exact) mass is 290 g/mol. The first-order chi connectivity index (χ1) is 9.61. The Kier molecular flexibility index (Phi) is 4.16. The van der Waals surface area contributed by atoms with Crippen LogP contribution in [0.25, 0.3) is 0 Å². The fourth-order valence-corrected chi connectivity index (χ4v) is 2.15. The lowest BCUT2D eigenvalue weighted by Crippen LogP contribution is -2.15. The van der Waals surface area contributed by atoms with Crippen molar-refractivity contribution in [1.82, 2.24) is 30.0 Å². The van der Waals surface area contributed by atoms with Gasteiger partial charge in [0, 0.05) is 31.9 Å². The predicted octanol–water partition coefficient (Wildman–Crippen LogP) is 2.55. The highest BCUT2D eigenvalue weighted by atomic mass is 15.4. The van der Waals surface area contributed by atoms with Gasteiger partial charge in [0.05, 0.1) is 11.4 Å². The molecule has 0 spiro atoms. The molecule has 6 nitrogen and oxygen atoms in total. The van der Waals surface area contributed by atoms with Crippen LogP contribution < -0.4 is 0 Å². The second kappa shape index (κ2) is 5.58. The van der Waals surface area contributed by atoms with Crippen molar-refractivity contribution >= 4 is 0 Å². The van der Waals surface area contributed by atoms with Crippen LogP contribution in [0.4, 0.5) is 0 Å². The van der Waals surface area contributed by atoms with Crippen molar-refractivity contribution in [2.24, 2.45) is 10.8 Å². The molecule has 0 aliphatic carbocycles. The summed E-state index contributed by atoms with van der Waals surface area (Å²) in [4.78, 5) is 0. The van der Waals surface area contributed by atoms with Crippen LogP contribution in [0, 0.1) is 10.8 Å². The first-order valence-corrected chi connectivity index (χ1v) is 7.39. The van der Waals surface area contributed by atoms with E-state index < -0.39 is 0 Å². The molecule has 116 valence electrons. The third-order valence-electron chi connectivity index (χ3n) is 2.81. The lowest BCUT2D eigenvalue weighted by molar-refractivity contribution is 0.321. The number of rotatable bonds is 4. The van der Waals surface area contributed by atoms with Crippen molar-refractivity contribution in [2.45, 2.75) is 61.1 Å². The Morgan fingerprint density at radius 3 is 1.48 bits per heavy atom. The minimum Gasteiger partial charge on any atom is -0.252 e. The quantitative estimate of drug-likeness (QED) is 0.868. The van der Waals surface area contributed by atoms with Gasteiger partial charge in [-0.25, -0.2) is 0 Å². The molecule has 2 heterocycles. The van der Waals surface area contributed by atoms with Gasteiger partial charge in [-0.05, 0) is 10.8 Å². The van der Waals surface area contributed by atoms with E-state index in [0.717, 1.165) is 24.5 Å². The molecule has 0 saturated carbocycles. The molecule has 0 N–H and O–H groups in total. The highest BCUT2D eigenvalue weighted by Gasteiger charge is 2.15. The van der Waals surface area contributed by atoms with Crippen LogP contribution in [0.1, 0.15) is 52.9 Å². The molecule has 2 rings (SSSR count). The predicted molar refractivity (Wildman–Crippen MR) is 81.8 cm³/mol. The van der Waals surface area contributed by atoms with Crippen molar-refractivity contribution in [2.75, 3.05) is 0 Å². The molecule has 0 aliphatic heterocycles. The summed E-state index contributed by atoms with van der Waals surface area (Å²) in [5.41, 5.74) is 2.26. The average molecular weight is 290 g/mol. The molecule has 0 amide bonds. The summed E-state index contributed by atoms with van der Waals surface area (Å²) < 4.78 is 3.80. The zero-order valence-corrected chi connectivity index (χ0v) is 14.0. The molecule has 0 atom stereocenters. The second-order valence-electron chi connectivity index (χ2n) is 8.11. The Bertz CT molecular complexity index is 530. The molecule has 0 aromatic carbocycles. The zero-order valence-electron chi connectivity index (χ0n) is 14.0. The van der Waals surface area contributed by atoms with Gasteiger partial charge < -0.3 is 0 Å². The Hall–Kier alpha value is -1.72. The fourth-order valence-electron chi connectivity index (χ4n) is 2.15. The molecule has 6 heteroatoms. The van der Waals surface area contributed by atoms with Gasteiger partial charge in [-0.3, -0.25) is 9.36 Å². The second-order valence-corrected chi connectivity index (χ2v) is 8.11. The largest absolute Gasteiger partial charge is 0.252 e. The lowest BCUT2D eigenvalue weighted by Gasteiger charge is -2.16. The van der Waals surface area contributed by atoms with Crippen molar-refractivity contribution in [3.63, 3.8) is 0 Å². The molecule has 0 bridgehead atoms. The van der Waals surface area contributed by atoms with Crippen molar-refractivity contribution < 1.29 is 0 Å². The molecule has 0 radical (unpaired) electrons. The first kappa shape index (κ1) is 15.7. The van der Waals surface area contributed by atoms with E-state index in [-0.39, 0.29) is 10.8 Å². The summed E-state index contributed by atoms with van der Waals surface area (Å²) in [7, 11) is 0. The van der Waals surface area contributed by atoms with Crippen LogP contribution in [0.5, 0.6) is 0 Å². The van der Waals surface area contributed by atoms with Crippen molar-refractivity contribution in [3.8, 4) is 0 Å². The maximum absolute atomic E-state index is 4.22. The van der Waals surface area contributed by atoms with E-state index in [4.69, 9.17) is 0 Å². The summed E-state index contributed by atoms with van der Waals surface area (Å²) in [5.74, 6) is 0. The van der Waals surface area contributed by atoms with Crippen molar-refractivity contribution in [3.05, 3.63) is 23.8 Å². The summed E-state index contributed by atoms with van der Waals surface area (Å²) in [6.45, 7) is 14.8. The standard InChI is InChI=1S/C15H26N6/c1-14(2,3)10-20-8-12(16-18-20)7-13-9-21(19-17-13)11-15(4,5)6/h8-9H,7,10-11H2,1-6H3. The van der Waals surface area contributed by atoms with E-state index in [9.17, 15) is 0 Å². The molecule has 21 heavy (non-hydrogen) atoms. The van der Waals surface area contributed by atoms with E-state index in [2.05, 4.69) is 62.2 Å². The van der Waals surface area contributed by atoms with Gasteiger partial charge >= 0.3 is 0 Å². The third kappa shape index (κ3) is 5.28. The fraction of sp³-hybridized carbons (Fsp3) is 0.733. The summed E-state index contributed by atoms with van der Waals surface area (Å²) in [6, 6.07) is 0. The molecule has 2 aromatic rings. The van der Waals surface area contributed by atoms with E-state index in [1.807, 2.05) is 21.8 Å². The topological polar surface area (TPSA) is 61.4 Å². The zero-order chi connectivity index (χ0) is 15.7.